The first kappa shape index (κ1) is 54.1. The molecule has 4 saturated carbocycles. The molecule has 1 unspecified atom stereocenters. The van der Waals surface area contributed by atoms with Crippen molar-refractivity contribution in [1.82, 2.24) is 0 Å². The van der Waals surface area contributed by atoms with Crippen LogP contribution in [0, 0.1) is 64.6 Å². The van der Waals surface area contributed by atoms with Crippen molar-refractivity contribution in [3.8, 4) is 0 Å². The minimum Gasteiger partial charge on any atom is -0.479 e. The molecule has 0 spiro atoms. The number of aliphatic hydroxyl groups is 10. The van der Waals surface area contributed by atoms with Crippen LogP contribution < -0.4 is 0 Å². The molecule has 0 amide bonds. The van der Waals surface area contributed by atoms with Gasteiger partial charge in [0.25, 0.3) is 0 Å². The molecule has 24 atom stereocenters. The van der Waals surface area contributed by atoms with E-state index in [4.69, 9.17) is 33.2 Å². The van der Waals surface area contributed by atoms with Gasteiger partial charge in [0.1, 0.15) is 73.2 Å². The summed E-state index contributed by atoms with van der Waals surface area (Å²) in [6, 6.07) is 0. The number of carboxylic acids is 1. The summed E-state index contributed by atoms with van der Waals surface area (Å²) in [4.78, 5) is 25.7. The van der Waals surface area contributed by atoms with Gasteiger partial charge in [-0.25, -0.2) is 9.59 Å². The summed E-state index contributed by atoms with van der Waals surface area (Å²) in [5.41, 5.74) is 0.437. The van der Waals surface area contributed by atoms with Gasteiger partial charge in [-0.3, -0.25) is 0 Å². The first-order valence-electron chi connectivity index (χ1n) is 24.8. The third-order valence-corrected chi connectivity index (χ3v) is 17.9. The Balaban J connectivity index is 1.05. The largest absolute Gasteiger partial charge is 0.479 e. The number of hydrogen-bond donors (Lipinski definition) is 11. The van der Waals surface area contributed by atoms with E-state index in [2.05, 4.69) is 39.7 Å². The molecule has 3 saturated heterocycles. The molecule has 11 N–H and O–H groups in total. The first-order chi connectivity index (χ1) is 33.1. The molecule has 20 heteroatoms. The van der Waals surface area contributed by atoms with Crippen molar-refractivity contribution in [2.24, 2.45) is 39.9 Å². The molecule has 0 aromatic rings. The summed E-state index contributed by atoms with van der Waals surface area (Å²) in [5, 5.41) is 118. The van der Waals surface area contributed by atoms with Gasteiger partial charge < -0.3 is 89.3 Å². The van der Waals surface area contributed by atoms with Gasteiger partial charge in [0.15, 0.2) is 25.0 Å². The minimum atomic E-state index is -2.11. The number of fused-ring (bicyclic) bond motifs is 7. The van der Waals surface area contributed by atoms with Gasteiger partial charge in [-0.15, -0.1) is 0 Å². The summed E-state index contributed by atoms with van der Waals surface area (Å²) in [6.07, 6.45) is -15.7. The van der Waals surface area contributed by atoms with Crippen LogP contribution in [0.3, 0.4) is 0 Å². The van der Waals surface area contributed by atoms with E-state index in [9.17, 15) is 65.8 Å². The van der Waals surface area contributed by atoms with E-state index in [0.29, 0.717) is 24.8 Å². The number of hydrogen-bond acceptors (Lipinski definition) is 19. The SMILES string of the molecule is CC=C(C)C(=O)O[C@H]1[CH][C]2[CH]C[C]3C(=CC[C@@H]4[C@@]5(C)CC[C@H](O[C@@H]6O[C@H](C(=O)O)[C@@H](O[C@@H]7O[C@H](CO)[C@@H](O)[C@H](O)[C@H]7O)[C@H](O)[C@H]6O[C@@H]6O[C@H](CO)[C@@H](O)[C@H](O)[C@H]6O)[C@](C)(CO)[C@@H]5CC[C@@]34C)[C@H]2CC1C. The molecule has 8 aliphatic rings. The number of esters is 1. The first-order valence-corrected chi connectivity index (χ1v) is 24.8. The number of carbonyl (C=O) groups excluding carboxylic acids is 1. The Morgan fingerprint density at radius 2 is 1.39 bits per heavy atom. The minimum absolute atomic E-state index is 0.110. The Bertz CT molecular complexity index is 1930. The van der Waals surface area contributed by atoms with Crippen LogP contribution in [0.25, 0.3) is 0 Å². The predicted molar refractivity (Wildman–Crippen MR) is 240 cm³/mol. The fraction of sp³-hybridized carbons (Fsp3) is 0.800. The molecular formula is C50H74O20. The molecule has 3 aliphatic heterocycles. The van der Waals surface area contributed by atoms with Gasteiger partial charge in [0.2, 0.25) is 0 Å². The van der Waals surface area contributed by atoms with E-state index in [1.54, 1.807) is 13.0 Å². The van der Waals surface area contributed by atoms with Gasteiger partial charge in [0, 0.05) is 23.3 Å². The highest BCUT2D eigenvalue weighted by Crippen LogP contribution is 2.71. The molecule has 0 aromatic heterocycles. The quantitative estimate of drug-likeness (QED) is 0.0671. The fourth-order valence-corrected chi connectivity index (χ4v) is 13.7. The van der Waals surface area contributed by atoms with E-state index in [-0.39, 0.29) is 53.2 Å². The molecule has 3 heterocycles. The van der Waals surface area contributed by atoms with Crippen molar-refractivity contribution >= 4 is 11.9 Å². The molecule has 7 fully saturated rings. The normalized spacial score (nSPS) is 50.2. The number of allylic oxidation sites excluding steroid dienone is 3. The zero-order valence-electron chi connectivity index (χ0n) is 40.6. The van der Waals surface area contributed by atoms with Crippen molar-refractivity contribution in [2.45, 2.75) is 191 Å². The zero-order chi connectivity index (χ0) is 50.9. The maximum atomic E-state index is 13.0. The zero-order valence-corrected chi connectivity index (χ0v) is 40.6. The van der Waals surface area contributed by atoms with Crippen LogP contribution in [0.1, 0.15) is 86.5 Å². The molecule has 4 radical (unpaired) electrons. The average molecular weight is 995 g/mol. The number of aliphatic carboxylic acids is 1. The van der Waals surface area contributed by atoms with E-state index >= 15 is 0 Å². The second-order valence-corrected chi connectivity index (χ2v) is 21.8. The Kier molecular flexibility index (Phi) is 16.1. The number of carboxylic acid groups (broad SMARTS) is 1. The fourth-order valence-electron chi connectivity index (χ4n) is 13.7. The molecule has 5 aliphatic carbocycles. The van der Waals surface area contributed by atoms with E-state index in [1.165, 1.54) is 17.4 Å². The molecule has 8 rings (SSSR count). The summed E-state index contributed by atoms with van der Waals surface area (Å²) >= 11 is 0. The number of carbonyl (C=O) groups is 2. The maximum absolute atomic E-state index is 13.0. The van der Waals surface area contributed by atoms with Crippen LogP contribution in [0.5, 0.6) is 0 Å². The topological polar surface area (TPSA) is 321 Å². The van der Waals surface area contributed by atoms with Gasteiger partial charge in [-0.1, -0.05) is 45.4 Å². The van der Waals surface area contributed by atoms with Crippen molar-refractivity contribution in [3.63, 3.8) is 0 Å². The highest BCUT2D eigenvalue weighted by molar-refractivity contribution is 5.87. The third kappa shape index (κ3) is 9.25. The third-order valence-electron chi connectivity index (χ3n) is 17.9. The van der Waals surface area contributed by atoms with Crippen molar-refractivity contribution in [3.05, 3.63) is 48.0 Å². The number of ether oxygens (including phenoxy) is 7. The second-order valence-electron chi connectivity index (χ2n) is 21.8. The number of rotatable bonds is 12. The Hall–Kier alpha value is -2.22. The highest BCUT2D eigenvalue weighted by atomic mass is 16.8. The summed E-state index contributed by atoms with van der Waals surface area (Å²) in [7, 11) is 0. The average Bonchev–Trinajstić information content (AvgIpc) is 3.33. The van der Waals surface area contributed by atoms with Crippen molar-refractivity contribution in [1.29, 1.82) is 0 Å². The molecule has 20 nitrogen and oxygen atoms in total. The van der Waals surface area contributed by atoms with Crippen LogP contribution in [-0.4, -0.2) is 192 Å². The predicted octanol–water partition coefficient (Wildman–Crippen LogP) is -0.431. The van der Waals surface area contributed by atoms with Crippen LogP contribution in [0.4, 0.5) is 0 Å². The highest BCUT2D eigenvalue weighted by Gasteiger charge is 2.66. The Morgan fingerprint density at radius 3 is 1.96 bits per heavy atom. The van der Waals surface area contributed by atoms with Gasteiger partial charge >= 0.3 is 11.9 Å². The summed E-state index contributed by atoms with van der Waals surface area (Å²) < 4.78 is 41.8. The van der Waals surface area contributed by atoms with E-state index in [1.807, 2.05) is 13.8 Å². The lowest BCUT2D eigenvalue weighted by atomic mass is 9.38. The monoisotopic (exact) mass is 994 g/mol. The Labute approximate surface area is 408 Å². The molecule has 0 bridgehead atoms. The lowest BCUT2D eigenvalue weighted by Crippen LogP contribution is -2.68. The summed E-state index contributed by atoms with van der Waals surface area (Å²) in [6.45, 7) is 10.3. The van der Waals surface area contributed by atoms with E-state index < -0.39 is 123 Å². The molecule has 0 aromatic carbocycles. The Morgan fingerprint density at radius 1 is 0.771 bits per heavy atom. The van der Waals surface area contributed by atoms with Crippen molar-refractivity contribution in [2.75, 3.05) is 19.8 Å². The van der Waals surface area contributed by atoms with Crippen LogP contribution in [0.15, 0.2) is 23.3 Å². The van der Waals surface area contributed by atoms with E-state index in [0.717, 1.165) is 25.7 Å². The molecular weight excluding hydrogens is 921 g/mol. The molecule has 394 valence electrons. The van der Waals surface area contributed by atoms with Gasteiger partial charge in [-0.2, -0.15) is 0 Å². The number of aliphatic hydroxyl groups excluding tert-OH is 10. The van der Waals surface area contributed by atoms with Crippen LogP contribution in [-0.2, 0) is 42.7 Å². The maximum Gasteiger partial charge on any atom is 0.335 e. The summed E-state index contributed by atoms with van der Waals surface area (Å²) in [5.74, 6) is 0.961. The van der Waals surface area contributed by atoms with Crippen LogP contribution in [0.2, 0.25) is 0 Å². The van der Waals surface area contributed by atoms with Crippen molar-refractivity contribution < 1.29 is 98.9 Å². The standard InChI is InChI=1S/C50H74O20/c1-7-21(2)44(63)64-27-17-23-8-10-26-24(25(23)16-22(27)3)9-11-30-48(26,4)14-12-31-49(30,5)15-13-32(50(31,6)20-53)67-47-41(69-46-38(59)36(57)34(55)29(19-52)66-46)39(60)40(42(70-47)43(61)62)68-45-37(58)35(56)33(54)28(18-51)65-45/h7-9,17,22,25,27-42,45-47,51-60H,10-16,18-20H2,1-6H3,(H,61,62)/t22?,25-,27-,28+,29+,30-,31+,32-,33+,34+,35-,36-,37+,38+,39-,40-,41+,42-,45-,46-,47+,48-,49+,50+/m0/s1. The molecule has 70 heavy (non-hydrogen) atoms. The lowest BCUT2D eigenvalue weighted by Gasteiger charge is -2.67. The lowest BCUT2D eigenvalue weighted by molar-refractivity contribution is -0.391. The van der Waals surface area contributed by atoms with Gasteiger partial charge in [0.05, 0.1) is 25.9 Å². The van der Waals surface area contributed by atoms with Gasteiger partial charge in [-0.05, 0) is 106 Å². The second kappa shape index (κ2) is 20.8. The van der Waals surface area contributed by atoms with Crippen LogP contribution >= 0.6 is 0 Å². The smallest absolute Gasteiger partial charge is 0.335 e.